The second-order valence-corrected chi connectivity index (χ2v) is 8.01. The van der Waals surface area contributed by atoms with Crippen molar-refractivity contribution in [1.29, 1.82) is 0 Å². The smallest absolute Gasteiger partial charge is 0.251 e. The quantitative estimate of drug-likeness (QED) is 0.607. The van der Waals surface area contributed by atoms with Gasteiger partial charge < -0.3 is 10.6 Å². The van der Waals surface area contributed by atoms with E-state index >= 15 is 0 Å². The number of sulfonamides is 1. The zero-order chi connectivity index (χ0) is 18.3. The highest BCUT2D eigenvalue weighted by Crippen LogP contribution is 2.14. The fourth-order valence-corrected chi connectivity index (χ4v) is 3.97. The molecule has 3 N–H and O–H groups in total. The number of hydrogen-bond donors (Lipinski definition) is 3. The minimum absolute atomic E-state index is 0.0939. The van der Waals surface area contributed by atoms with Crippen LogP contribution in [0.15, 0.2) is 46.0 Å². The molecular formula is C16H19N3O4S2. The maximum atomic E-state index is 12.0. The first-order valence-corrected chi connectivity index (χ1v) is 10.00. The standard InChI is InChI=1S/C16H19N3O4S2/c1-2-14(20)19-13-7-5-12(6-8-13)16(21)17-9-10-18-25(22,23)15-4-3-11-24-15/h3-8,11,18H,2,9-10H2,1H3,(H,17,21)(H,19,20). The van der Waals surface area contributed by atoms with Crippen LogP contribution >= 0.6 is 11.3 Å². The van der Waals surface area contributed by atoms with Crippen molar-refractivity contribution in [1.82, 2.24) is 10.0 Å². The number of benzene rings is 1. The molecule has 0 aliphatic heterocycles. The second kappa shape index (κ2) is 8.75. The van der Waals surface area contributed by atoms with E-state index in [4.69, 9.17) is 0 Å². The van der Waals surface area contributed by atoms with E-state index in [0.29, 0.717) is 17.7 Å². The Labute approximate surface area is 150 Å². The molecule has 0 saturated carbocycles. The Balaban J connectivity index is 1.79. The number of hydrogen-bond acceptors (Lipinski definition) is 5. The average molecular weight is 381 g/mol. The molecule has 1 aromatic carbocycles. The summed E-state index contributed by atoms with van der Waals surface area (Å²) in [6.45, 7) is 2.01. The van der Waals surface area contributed by atoms with Crippen LogP contribution in [0.5, 0.6) is 0 Å². The van der Waals surface area contributed by atoms with E-state index in [1.165, 1.54) is 6.07 Å². The van der Waals surface area contributed by atoms with E-state index in [0.717, 1.165) is 11.3 Å². The fourth-order valence-electron chi connectivity index (χ4n) is 1.91. The van der Waals surface area contributed by atoms with Gasteiger partial charge in [-0.2, -0.15) is 0 Å². The highest BCUT2D eigenvalue weighted by atomic mass is 32.2. The normalized spacial score (nSPS) is 11.1. The zero-order valence-corrected chi connectivity index (χ0v) is 15.2. The predicted octanol–water partition coefficient (Wildman–Crippen LogP) is 1.80. The van der Waals surface area contributed by atoms with Crippen LogP contribution in [0.25, 0.3) is 0 Å². The van der Waals surface area contributed by atoms with Crippen molar-refractivity contribution in [3.63, 3.8) is 0 Å². The van der Waals surface area contributed by atoms with Crippen molar-refractivity contribution in [2.75, 3.05) is 18.4 Å². The van der Waals surface area contributed by atoms with Gasteiger partial charge in [0.05, 0.1) is 0 Å². The summed E-state index contributed by atoms with van der Waals surface area (Å²) >= 11 is 1.13. The Kier molecular flexibility index (Phi) is 6.68. The summed E-state index contributed by atoms with van der Waals surface area (Å²) in [6, 6.07) is 9.65. The third kappa shape index (κ3) is 5.66. The van der Waals surface area contributed by atoms with Crippen molar-refractivity contribution in [2.24, 2.45) is 0 Å². The molecule has 0 saturated heterocycles. The molecule has 0 radical (unpaired) electrons. The summed E-state index contributed by atoms with van der Waals surface area (Å²) < 4.78 is 26.5. The van der Waals surface area contributed by atoms with Crippen LogP contribution in [0, 0.1) is 0 Å². The summed E-state index contributed by atoms with van der Waals surface area (Å²) in [5.41, 5.74) is 1.04. The lowest BCUT2D eigenvalue weighted by Gasteiger charge is -2.08. The van der Waals surface area contributed by atoms with Gasteiger partial charge in [-0.15, -0.1) is 11.3 Å². The van der Waals surface area contributed by atoms with Gasteiger partial charge in [-0.05, 0) is 35.7 Å². The Morgan fingerprint density at radius 3 is 2.40 bits per heavy atom. The number of nitrogens with one attached hydrogen (secondary N) is 3. The molecule has 0 spiro atoms. The topological polar surface area (TPSA) is 104 Å². The molecule has 0 aliphatic rings. The van der Waals surface area contributed by atoms with Crippen LogP contribution < -0.4 is 15.4 Å². The summed E-state index contributed by atoms with van der Waals surface area (Å²) in [4.78, 5) is 23.3. The first kappa shape index (κ1) is 19.1. The Morgan fingerprint density at radius 1 is 1.08 bits per heavy atom. The molecule has 1 heterocycles. The minimum atomic E-state index is -3.52. The number of anilines is 1. The van der Waals surface area contributed by atoms with Crippen LogP contribution in [0.3, 0.4) is 0 Å². The van der Waals surface area contributed by atoms with Gasteiger partial charge in [0.2, 0.25) is 15.9 Å². The highest BCUT2D eigenvalue weighted by Gasteiger charge is 2.14. The third-order valence-corrected chi connectivity index (χ3v) is 6.07. The van der Waals surface area contributed by atoms with Crippen molar-refractivity contribution >= 4 is 38.9 Å². The Hall–Kier alpha value is -2.23. The maximum absolute atomic E-state index is 12.0. The van der Waals surface area contributed by atoms with Crippen molar-refractivity contribution in [2.45, 2.75) is 17.6 Å². The summed E-state index contributed by atoms with van der Waals surface area (Å²) in [7, 11) is -3.52. The largest absolute Gasteiger partial charge is 0.351 e. The van der Waals surface area contributed by atoms with Gasteiger partial charge in [0.15, 0.2) is 0 Å². The molecule has 25 heavy (non-hydrogen) atoms. The van der Waals surface area contributed by atoms with Gasteiger partial charge in [-0.1, -0.05) is 13.0 Å². The fraction of sp³-hybridized carbons (Fsp3) is 0.250. The van der Waals surface area contributed by atoms with Gasteiger partial charge in [0.25, 0.3) is 5.91 Å². The predicted molar refractivity (Wildman–Crippen MR) is 97.2 cm³/mol. The number of carbonyl (C=O) groups is 2. The number of rotatable bonds is 8. The molecule has 134 valence electrons. The molecule has 2 amide bonds. The summed E-state index contributed by atoms with van der Waals surface area (Å²) in [6.07, 6.45) is 0.379. The van der Waals surface area contributed by atoms with Crippen LogP contribution in [0.4, 0.5) is 5.69 Å². The Morgan fingerprint density at radius 2 is 1.80 bits per heavy atom. The number of carbonyl (C=O) groups excluding carboxylic acids is 2. The lowest BCUT2D eigenvalue weighted by Crippen LogP contribution is -2.34. The molecule has 0 atom stereocenters. The third-order valence-electron chi connectivity index (χ3n) is 3.21. The van der Waals surface area contributed by atoms with E-state index in [2.05, 4.69) is 15.4 Å². The maximum Gasteiger partial charge on any atom is 0.251 e. The SMILES string of the molecule is CCC(=O)Nc1ccc(C(=O)NCCNS(=O)(=O)c2cccs2)cc1. The molecule has 9 heteroatoms. The zero-order valence-electron chi connectivity index (χ0n) is 13.6. The van der Waals surface area contributed by atoms with Gasteiger partial charge in [-0.25, -0.2) is 13.1 Å². The van der Waals surface area contributed by atoms with E-state index in [9.17, 15) is 18.0 Å². The highest BCUT2D eigenvalue weighted by molar-refractivity contribution is 7.91. The van der Waals surface area contributed by atoms with Crippen molar-refractivity contribution in [3.05, 3.63) is 47.3 Å². The molecule has 2 aromatic rings. The van der Waals surface area contributed by atoms with Crippen LogP contribution in [-0.4, -0.2) is 33.3 Å². The van der Waals surface area contributed by atoms with Crippen molar-refractivity contribution < 1.29 is 18.0 Å². The second-order valence-electron chi connectivity index (χ2n) is 5.06. The molecule has 0 bridgehead atoms. The van der Waals surface area contributed by atoms with Crippen LogP contribution in [0.1, 0.15) is 23.7 Å². The molecule has 0 fully saturated rings. The summed E-state index contributed by atoms with van der Waals surface area (Å²) in [5.74, 6) is -0.418. The minimum Gasteiger partial charge on any atom is -0.351 e. The monoisotopic (exact) mass is 381 g/mol. The van der Waals surface area contributed by atoms with Crippen molar-refractivity contribution in [3.8, 4) is 0 Å². The van der Waals surface area contributed by atoms with Gasteiger partial charge in [0, 0.05) is 30.8 Å². The van der Waals surface area contributed by atoms with Crippen LogP contribution in [0.2, 0.25) is 0 Å². The lowest BCUT2D eigenvalue weighted by molar-refractivity contribution is -0.115. The van der Waals surface area contributed by atoms with E-state index in [1.54, 1.807) is 42.6 Å². The number of thiophene rings is 1. The molecule has 2 rings (SSSR count). The van der Waals surface area contributed by atoms with Crippen LogP contribution in [-0.2, 0) is 14.8 Å². The first-order valence-electron chi connectivity index (χ1n) is 7.63. The first-order chi connectivity index (χ1) is 11.9. The molecule has 7 nitrogen and oxygen atoms in total. The molecule has 0 aliphatic carbocycles. The van der Waals surface area contributed by atoms with Gasteiger partial charge in [0.1, 0.15) is 4.21 Å². The van der Waals surface area contributed by atoms with E-state index in [-0.39, 0.29) is 29.1 Å². The van der Waals surface area contributed by atoms with E-state index in [1.807, 2.05) is 0 Å². The Bertz CT molecular complexity index is 816. The molecule has 1 aromatic heterocycles. The molecule has 0 unspecified atom stereocenters. The summed E-state index contributed by atoms with van der Waals surface area (Å²) in [5, 5.41) is 7.02. The molecular weight excluding hydrogens is 362 g/mol. The number of amides is 2. The average Bonchev–Trinajstić information content (AvgIpc) is 3.14. The lowest BCUT2D eigenvalue weighted by atomic mass is 10.2. The van der Waals surface area contributed by atoms with E-state index < -0.39 is 10.0 Å². The van der Waals surface area contributed by atoms with Gasteiger partial charge >= 0.3 is 0 Å². The van der Waals surface area contributed by atoms with Gasteiger partial charge in [-0.3, -0.25) is 9.59 Å².